The normalized spacial score (nSPS) is 12.6. The predicted octanol–water partition coefficient (Wildman–Crippen LogP) is 0.675. The molecule has 0 aliphatic carbocycles. The molecule has 0 aromatic heterocycles. The van der Waals surface area contributed by atoms with Crippen molar-refractivity contribution < 1.29 is 25.2 Å². The van der Waals surface area contributed by atoms with E-state index in [9.17, 15) is 14.7 Å². The third-order valence-electron chi connectivity index (χ3n) is 3.45. The number of hydrogen-bond donors (Lipinski definition) is 2. The zero-order valence-corrected chi connectivity index (χ0v) is 15.3. The number of ether oxygens (including phenoxy) is 1. The van der Waals surface area contributed by atoms with Gasteiger partial charge in [-0.15, -0.1) is 0 Å². The number of benzene rings is 1. The second-order valence-electron chi connectivity index (χ2n) is 6.08. The number of amides is 1. The lowest BCUT2D eigenvalue weighted by molar-refractivity contribution is -0.427. The molecule has 1 aromatic rings. The molecule has 2 atom stereocenters. The monoisotopic (exact) mass is 338 g/mol. The molecular formula is C18H30N2O4. The zero-order valence-electron chi connectivity index (χ0n) is 15.3. The maximum absolute atomic E-state index is 10.5. The second kappa shape index (κ2) is 11.5. The molecule has 0 spiro atoms. The van der Waals surface area contributed by atoms with Gasteiger partial charge in [0, 0.05) is 18.9 Å². The summed E-state index contributed by atoms with van der Waals surface area (Å²) in [5.74, 6) is -0.439. The van der Waals surface area contributed by atoms with Crippen molar-refractivity contribution >= 4 is 11.9 Å². The Morgan fingerprint density at radius 1 is 1.25 bits per heavy atom. The van der Waals surface area contributed by atoms with Crippen molar-refractivity contribution in [1.29, 1.82) is 0 Å². The fourth-order valence-corrected chi connectivity index (χ4v) is 2.04. The quantitative estimate of drug-likeness (QED) is 0.762. The summed E-state index contributed by atoms with van der Waals surface area (Å²) in [6.45, 7) is 7.20. The number of nitrogens with one attached hydrogen (secondary N) is 1. The van der Waals surface area contributed by atoms with Gasteiger partial charge in [-0.1, -0.05) is 20.8 Å². The molecule has 0 aliphatic rings. The number of rotatable bonds is 7. The number of carbonyl (C=O) groups excluding carboxylic acids is 2. The minimum Gasteiger partial charge on any atom is -0.548 e. The number of carbonyl (C=O) groups is 2. The Balaban J connectivity index is 0.000000441. The van der Waals surface area contributed by atoms with E-state index in [-0.39, 0.29) is 11.8 Å². The van der Waals surface area contributed by atoms with Crippen molar-refractivity contribution in [2.45, 2.75) is 52.6 Å². The van der Waals surface area contributed by atoms with Gasteiger partial charge >= 0.3 is 0 Å². The Labute approximate surface area is 144 Å². The van der Waals surface area contributed by atoms with Gasteiger partial charge in [0.1, 0.15) is 11.8 Å². The van der Waals surface area contributed by atoms with Crippen LogP contribution in [-0.4, -0.2) is 25.0 Å². The Morgan fingerprint density at radius 3 is 2.12 bits per heavy atom. The van der Waals surface area contributed by atoms with Crippen LogP contribution in [0.1, 0.15) is 52.1 Å². The highest BCUT2D eigenvalue weighted by molar-refractivity contribution is 5.80. The van der Waals surface area contributed by atoms with E-state index in [1.807, 2.05) is 26.0 Å². The van der Waals surface area contributed by atoms with Gasteiger partial charge in [-0.05, 0) is 36.6 Å². The Morgan fingerprint density at radius 2 is 1.79 bits per heavy atom. The van der Waals surface area contributed by atoms with Gasteiger partial charge in [0.2, 0.25) is 5.91 Å². The molecule has 0 heterocycles. The van der Waals surface area contributed by atoms with Crippen molar-refractivity contribution in [3.63, 3.8) is 0 Å². The average molecular weight is 338 g/mol. The Hall–Kier alpha value is -2.08. The van der Waals surface area contributed by atoms with E-state index in [1.165, 1.54) is 12.5 Å². The van der Waals surface area contributed by atoms with Crippen LogP contribution in [0.25, 0.3) is 0 Å². The zero-order chi connectivity index (χ0) is 18.7. The molecule has 0 saturated heterocycles. The minimum absolute atomic E-state index is 0.222. The van der Waals surface area contributed by atoms with E-state index < -0.39 is 12.0 Å². The summed E-state index contributed by atoms with van der Waals surface area (Å²) in [5.41, 5.74) is 5.32. The minimum atomic E-state index is -1.22. The number of aliphatic carboxylic acids is 1. The van der Waals surface area contributed by atoms with E-state index in [0.29, 0.717) is 12.5 Å². The fourth-order valence-electron chi connectivity index (χ4n) is 2.04. The maximum atomic E-state index is 10.5. The number of hydrogen-bond acceptors (Lipinski definition) is 4. The molecule has 1 rings (SSSR count). The van der Waals surface area contributed by atoms with Crippen LogP contribution in [0.15, 0.2) is 24.3 Å². The standard InChI is InChI=1S/C10H15NO.C8H15NO3/c1-3-10(11)8-4-6-9(12-2)7-5-8;1-5(2)4-7(8(11)12)9-6(3)10/h4-7,10H,3,11H2,1-2H3;5,7H,4H2,1-3H3,(H,9,10)(H,11,12)/t10-;7-/m00/s1. The number of carboxylic acid groups (broad SMARTS) is 1. The van der Waals surface area contributed by atoms with Crippen LogP contribution in [0.2, 0.25) is 0 Å². The van der Waals surface area contributed by atoms with Crippen LogP contribution < -0.4 is 20.9 Å². The summed E-state index contributed by atoms with van der Waals surface area (Å²) in [6.07, 6.45) is 1.48. The molecule has 6 nitrogen and oxygen atoms in total. The van der Waals surface area contributed by atoms with E-state index in [0.717, 1.165) is 12.2 Å². The lowest BCUT2D eigenvalue weighted by atomic mass is 10.0. The van der Waals surface area contributed by atoms with E-state index in [4.69, 9.17) is 4.74 Å². The smallest absolute Gasteiger partial charge is 0.217 e. The van der Waals surface area contributed by atoms with Crippen molar-refractivity contribution in [3.05, 3.63) is 29.8 Å². The molecule has 4 N–H and O–H groups in total. The summed E-state index contributed by atoms with van der Waals surface area (Å²) in [6, 6.07) is 7.63. The molecule has 0 radical (unpaired) electrons. The third-order valence-corrected chi connectivity index (χ3v) is 3.45. The summed E-state index contributed by atoms with van der Waals surface area (Å²) >= 11 is 0. The first kappa shape index (κ1) is 21.9. The molecule has 0 fully saturated rings. The van der Waals surface area contributed by atoms with Crippen LogP contribution in [0.4, 0.5) is 0 Å². The van der Waals surface area contributed by atoms with Gasteiger partial charge in [-0.25, -0.2) is 0 Å². The fraction of sp³-hybridized carbons (Fsp3) is 0.556. The predicted molar refractivity (Wildman–Crippen MR) is 91.0 cm³/mol. The highest BCUT2D eigenvalue weighted by Gasteiger charge is 2.12. The van der Waals surface area contributed by atoms with Gasteiger partial charge in [0.05, 0.1) is 19.1 Å². The molecule has 6 heteroatoms. The highest BCUT2D eigenvalue weighted by atomic mass is 16.5. The first-order valence-electron chi connectivity index (χ1n) is 8.16. The van der Waals surface area contributed by atoms with Gasteiger partial charge in [-0.2, -0.15) is 0 Å². The van der Waals surface area contributed by atoms with Crippen LogP contribution in [0.5, 0.6) is 5.75 Å². The largest absolute Gasteiger partial charge is 0.548 e. The Kier molecular flexibility index (Phi) is 10.5. The van der Waals surface area contributed by atoms with Crippen molar-refractivity contribution in [1.82, 2.24) is 5.32 Å². The molecule has 1 amide bonds. The molecule has 1 aromatic carbocycles. The van der Waals surface area contributed by atoms with Gasteiger partial charge in [-0.3, -0.25) is 4.79 Å². The van der Waals surface area contributed by atoms with Gasteiger partial charge in [0.15, 0.2) is 0 Å². The first-order valence-corrected chi connectivity index (χ1v) is 8.16. The lowest BCUT2D eigenvalue weighted by Crippen LogP contribution is -2.53. The van der Waals surface area contributed by atoms with Crippen LogP contribution in [0.3, 0.4) is 0 Å². The summed E-state index contributed by atoms with van der Waals surface area (Å²) in [5, 5.41) is 12.8. The van der Waals surface area contributed by atoms with E-state index >= 15 is 0 Å². The van der Waals surface area contributed by atoms with Crippen molar-refractivity contribution in [3.8, 4) is 5.75 Å². The lowest BCUT2D eigenvalue weighted by Gasteiger charge is -2.20. The Bertz CT molecular complexity index is 500. The number of methoxy groups -OCH3 is 1. The summed E-state index contributed by atoms with van der Waals surface area (Å²) in [7, 11) is 1.68. The molecule has 0 saturated carbocycles. The van der Waals surface area contributed by atoms with E-state index in [2.05, 4.69) is 30.1 Å². The average Bonchev–Trinajstić information content (AvgIpc) is 2.53. The van der Waals surface area contributed by atoms with Crippen molar-refractivity contribution in [2.24, 2.45) is 5.92 Å². The molecule has 0 aliphatic heterocycles. The number of carboxylic acids is 1. The molecule has 0 unspecified atom stereocenters. The summed E-state index contributed by atoms with van der Waals surface area (Å²) < 4.78 is 5.06. The van der Waals surface area contributed by atoms with E-state index in [1.54, 1.807) is 7.11 Å². The SMILES string of the molecule is CC(=O)N[C@@H](CC(C)C)C(=O)[O-].CC[C@H]([NH3+])c1ccc(OC)cc1. The molecule has 136 valence electrons. The third kappa shape index (κ3) is 9.15. The van der Waals surface area contributed by atoms with Gasteiger partial charge in [0.25, 0.3) is 0 Å². The highest BCUT2D eigenvalue weighted by Crippen LogP contribution is 2.16. The van der Waals surface area contributed by atoms with Gasteiger partial charge < -0.3 is 25.7 Å². The van der Waals surface area contributed by atoms with Crippen LogP contribution in [-0.2, 0) is 9.59 Å². The summed E-state index contributed by atoms with van der Waals surface area (Å²) in [4.78, 5) is 21.0. The van der Waals surface area contributed by atoms with Crippen LogP contribution in [0, 0.1) is 5.92 Å². The molecular weight excluding hydrogens is 308 g/mol. The topological polar surface area (TPSA) is 106 Å². The number of quaternary nitrogens is 1. The molecule has 0 bridgehead atoms. The van der Waals surface area contributed by atoms with Crippen LogP contribution >= 0.6 is 0 Å². The van der Waals surface area contributed by atoms with Crippen molar-refractivity contribution in [2.75, 3.05) is 7.11 Å². The first-order chi connectivity index (χ1) is 11.2. The molecule has 24 heavy (non-hydrogen) atoms. The second-order valence-corrected chi connectivity index (χ2v) is 6.08. The maximum Gasteiger partial charge on any atom is 0.217 e.